The van der Waals surface area contributed by atoms with E-state index in [1.165, 1.54) is 43.4 Å². The first kappa shape index (κ1) is 20.9. The maximum atomic E-state index is 12.1. The minimum atomic E-state index is 0.123. The van der Waals surface area contributed by atoms with Crippen molar-refractivity contribution in [3.05, 3.63) is 17.0 Å². The van der Waals surface area contributed by atoms with Crippen molar-refractivity contribution < 1.29 is 9.53 Å². The van der Waals surface area contributed by atoms with Crippen LogP contribution in [0.15, 0.2) is 0 Å². The molecule has 1 aliphatic rings. The summed E-state index contributed by atoms with van der Waals surface area (Å²) in [6.07, 6.45) is 9.00. The normalized spacial score (nSPS) is 15.6. The number of hydrogen-bond donors (Lipinski definition) is 1. The first-order valence-electron chi connectivity index (χ1n) is 10.4. The summed E-state index contributed by atoms with van der Waals surface area (Å²) in [4.78, 5) is 12.1. The molecule has 0 saturated heterocycles. The molecule has 26 heavy (non-hydrogen) atoms. The molecule has 1 fully saturated rings. The van der Waals surface area contributed by atoms with Crippen LogP contribution in [0, 0.1) is 19.8 Å². The molecule has 0 aliphatic heterocycles. The van der Waals surface area contributed by atoms with Crippen LogP contribution in [0.1, 0.15) is 75.7 Å². The van der Waals surface area contributed by atoms with Crippen LogP contribution in [-0.4, -0.2) is 34.9 Å². The number of nitrogens with one attached hydrogen (secondary N) is 1. The summed E-state index contributed by atoms with van der Waals surface area (Å²) < 4.78 is 7.98. The summed E-state index contributed by atoms with van der Waals surface area (Å²) in [5.74, 6) is 0.693. The van der Waals surface area contributed by atoms with E-state index in [1.807, 2.05) is 6.92 Å². The van der Waals surface area contributed by atoms with E-state index in [4.69, 9.17) is 4.74 Å². The van der Waals surface area contributed by atoms with E-state index in [2.05, 4.69) is 35.9 Å². The topological polar surface area (TPSA) is 56.2 Å². The number of rotatable bonds is 10. The summed E-state index contributed by atoms with van der Waals surface area (Å²) in [5, 5.41) is 7.65. The van der Waals surface area contributed by atoms with Crippen LogP contribution in [0.4, 0.5) is 0 Å². The quantitative estimate of drug-likeness (QED) is 0.641. The number of carbonyl (C=O) groups is 1. The van der Waals surface area contributed by atoms with Crippen LogP contribution in [-0.2, 0) is 22.5 Å². The molecule has 2 rings (SSSR count). The van der Waals surface area contributed by atoms with Crippen molar-refractivity contribution in [2.24, 2.45) is 5.92 Å². The third kappa shape index (κ3) is 6.75. The first-order valence-corrected chi connectivity index (χ1v) is 10.4. The lowest BCUT2D eigenvalue weighted by Gasteiger charge is -2.21. The molecule has 148 valence electrons. The van der Waals surface area contributed by atoms with Gasteiger partial charge in [0.1, 0.15) is 0 Å². The molecular weight excluding hydrogens is 326 g/mol. The average molecular weight is 364 g/mol. The molecule has 1 saturated carbocycles. The van der Waals surface area contributed by atoms with Gasteiger partial charge < -0.3 is 10.1 Å². The second-order valence-corrected chi connectivity index (χ2v) is 8.06. The van der Waals surface area contributed by atoms with E-state index in [0.29, 0.717) is 25.0 Å². The van der Waals surface area contributed by atoms with Gasteiger partial charge in [0.05, 0.1) is 11.8 Å². The smallest absolute Gasteiger partial charge is 0.220 e. The molecule has 1 aliphatic carbocycles. The Morgan fingerprint density at radius 1 is 1.27 bits per heavy atom. The van der Waals surface area contributed by atoms with Crippen molar-refractivity contribution in [1.82, 2.24) is 15.1 Å². The molecule has 0 aromatic carbocycles. The Hall–Kier alpha value is -1.36. The van der Waals surface area contributed by atoms with Crippen molar-refractivity contribution in [2.45, 2.75) is 91.7 Å². The summed E-state index contributed by atoms with van der Waals surface area (Å²) in [6.45, 7) is 10.9. The fourth-order valence-electron chi connectivity index (χ4n) is 3.73. The molecule has 0 radical (unpaired) electrons. The van der Waals surface area contributed by atoms with Crippen molar-refractivity contribution in [3.8, 4) is 0 Å². The number of ether oxygens (including phenoxy) is 1. The zero-order valence-corrected chi connectivity index (χ0v) is 17.1. The lowest BCUT2D eigenvalue weighted by molar-refractivity contribution is -0.121. The Bertz CT molecular complexity index is 560. The van der Waals surface area contributed by atoms with Gasteiger partial charge in [0.25, 0.3) is 0 Å². The van der Waals surface area contributed by atoms with Gasteiger partial charge in [0.2, 0.25) is 5.91 Å². The number of amides is 1. The minimum Gasteiger partial charge on any atom is -0.378 e. The lowest BCUT2D eigenvalue weighted by Crippen LogP contribution is -2.26. The van der Waals surface area contributed by atoms with Crippen molar-refractivity contribution in [1.29, 1.82) is 0 Å². The maximum absolute atomic E-state index is 12.1. The number of hydrogen-bond acceptors (Lipinski definition) is 3. The highest BCUT2D eigenvalue weighted by Gasteiger charge is 2.14. The fourth-order valence-corrected chi connectivity index (χ4v) is 3.73. The van der Waals surface area contributed by atoms with E-state index in [1.54, 1.807) is 0 Å². The summed E-state index contributed by atoms with van der Waals surface area (Å²) in [5.41, 5.74) is 3.48. The largest absolute Gasteiger partial charge is 0.378 e. The monoisotopic (exact) mass is 363 g/mol. The summed E-state index contributed by atoms with van der Waals surface area (Å²) in [7, 11) is 0. The van der Waals surface area contributed by atoms with E-state index in [9.17, 15) is 4.79 Å². The Morgan fingerprint density at radius 3 is 2.69 bits per heavy atom. The second-order valence-electron chi connectivity index (χ2n) is 8.06. The molecule has 0 spiro atoms. The molecular formula is C21H37N3O2. The number of carbonyl (C=O) groups excluding carboxylic acids is 1. The van der Waals surface area contributed by atoms with Crippen molar-refractivity contribution >= 4 is 5.91 Å². The Kier molecular flexibility index (Phi) is 8.63. The van der Waals surface area contributed by atoms with Crippen LogP contribution in [0.2, 0.25) is 0 Å². The highest BCUT2D eigenvalue weighted by Crippen LogP contribution is 2.20. The lowest BCUT2D eigenvalue weighted by atomic mass is 9.98. The third-order valence-electron chi connectivity index (χ3n) is 5.22. The van der Waals surface area contributed by atoms with Crippen LogP contribution >= 0.6 is 0 Å². The van der Waals surface area contributed by atoms with Gasteiger partial charge in [-0.05, 0) is 51.0 Å². The SMILES string of the molecule is Cc1nn(CC(C)C)c(C)c1CCC(=O)NCCCOC1CCCCC1. The van der Waals surface area contributed by atoms with Gasteiger partial charge >= 0.3 is 0 Å². The molecule has 1 aromatic heterocycles. The van der Waals surface area contributed by atoms with Crippen LogP contribution in [0.25, 0.3) is 0 Å². The highest BCUT2D eigenvalue weighted by atomic mass is 16.5. The molecule has 0 unspecified atom stereocenters. The predicted molar refractivity (Wildman–Crippen MR) is 105 cm³/mol. The van der Waals surface area contributed by atoms with Gasteiger partial charge in [0, 0.05) is 31.8 Å². The number of nitrogens with zero attached hydrogens (tertiary/aromatic N) is 2. The second kappa shape index (κ2) is 10.7. The van der Waals surface area contributed by atoms with Crippen LogP contribution in [0.3, 0.4) is 0 Å². The van der Waals surface area contributed by atoms with Gasteiger partial charge in [-0.25, -0.2) is 0 Å². The molecule has 0 bridgehead atoms. The standard InChI is InChI=1S/C21H37N3O2/c1-16(2)15-24-18(4)20(17(3)23-24)11-12-21(25)22-13-8-14-26-19-9-6-5-7-10-19/h16,19H,5-15H2,1-4H3,(H,22,25). The predicted octanol–water partition coefficient (Wildman–Crippen LogP) is 3.94. The first-order chi connectivity index (χ1) is 12.5. The van der Waals surface area contributed by atoms with E-state index < -0.39 is 0 Å². The molecule has 1 heterocycles. The molecule has 1 N–H and O–H groups in total. The Morgan fingerprint density at radius 2 is 2.00 bits per heavy atom. The van der Waals surface area contributed by atoms with E-state index >= 15 is 0 Å². The van der Waals surface area contributed by atoms with Gasteiger partial charge in [-0.2, -0.15) is 5.10 Å². The fraction of sp³-hybridized carbons (Fsp3) is 0.810. The summed E-state index contributed by atoms with van der Waals surface area (Å²) >= 11 is 0. The molecule has 5 nitrogen and oxygen atoms in total. The van der Waals surface area contributed by atoms with Crippen molar-refractivity contribution in [2.75, 3.05) is 13.2 Å². The summed E-state index contributed by atoms with van der Waals surface area (Å²) in [6, 6.07) is 0. The van der Waals surface area contributed by atoms with Gasteiger partial charge in [-0.1, -0.05) is 33.1 Å². The average Bonchev–Trinajstić information content (AvgIpc) is 2.86. The molecule has 1 amide bonds. The zero-order chi connectivity index (χ0) is 18.9. The number of aromatic nitrogens is 2. The molecule has 5 heteroatoms. The Balaban J connectivity index is 1.63. The van der Waals surface area contributed by atoms with Gasteiger partial charge in [0.15, 0.2) is 0 Å². The van der Waals surface area contributed by atoms with Gasteiger partial charge in [-0.3, -0.25) is 9.48 Å². The van der Waals surface area contributed by atoms with Crippen LogP contribution < -0.4 is 5.32 Å². The minimum absolute atomic E-state index is 0.123. The van der Waals surface area contributed by atoms with Gasteiger partial charge in [-0.15, -0.1) is 0 Å². The van der Waals surface area contributed by atoms with Crippen LogP contribution in [0.5, 0.6) is 0 Å². The number of aryl methyl sites for hydroxylation is 1. The zero-order valence-electron chi connectivity index (χ0n) is 17.1. The highest BCUT2D eigenvalue weighted by molar-refractivity contribution is 5.76. The molecule has 1 aromatic rings. The Labute approximate surface area is 158 Å². The van der Waals surface area contributed by atoms with E-state index in [-0.39, 0.29) is 5.91 Å². The van der Waals surface area contributed by atoms with E-state index in [0.717, 1.165) is 31.7 Å². The van der Waals surface area contributed by atoms with Crippen molar-refractivity contribution in [3.63, 3.8) is 0 Å². The third-order valence-corrected chi connectivity index (χ3v) is 5.22. The maximum Gasteiger partial charge on any atom is 0.220 e. The molecule has 0 atom stereocenters.